The van der Waals surface area contributed by atoms with E-state index in [0.717, 1.165) is 5.56 Å². The Morgan fingerprint density at radius 1 is 1.14 bits per heavy atom. The van der Waals surface area contributed by atoms with Gasteiger partial charge in [-0.25, -0.2) is 4.79 Å². The van der Waals surface area contributed by atoms with Crippen LogP contribution in [0.25, 0.3) is 6.08 Å². The minimum atomic E-state index is -0.348. The zero-order valence-corrected chi connectivity index (χ0v) is 11.7. The van der Waals surface area contributed by atoms with E-state index in [1.807, 2.05) is 0 Å². The molecule has 0 atom stereocenters. The third-order valence-corrected chi connectivity index (χ3v) is 2.80. The minimum Gasteiger partial charge on any atom is -0.462 e. The van der Waals surface area contributed by atoms with Crippen LogP contribution in [0, 0.1) is 0 Å². The predicted octanol–water partition coefficient (Wildman–Crippen LogP) is 3.15. The highest BCUT2D eigenvalue weighted by Crippen LogP contribution is 2.09. The molecule has 0 aliphatic heterocycles. The van der Waals surface area contributed by atoms with Crippen LogP contribution in [0.15, 0.2) is 54.9 Å². The van der Waals surface area contributed by atoms with Crippen molar-refractivity contribution in [2.75, 3.05) is 6.61 Å². The topological polar surface area (TPSA) is 56.3 Å². The van der Waals surface area contributed by atoms with Gasteiger partial charge in [-0.15, -0.1) is 0 Å². The minimum absolute atomic E-state index is 0.113. The summed E-state index contributed by atoms with van der Waals surface area (Å²) in [6.07, 6.45) is 6.33. The van der Waals surface area contributed by atoms with Crippen LogP contribution in [0.3, 0.4) is 0 Å². The van der Waals surface area contributed by atoms with Crippen LogP contribution in [0.2, 0.25) is 0 Å². The quantitative estimate of drug-likeness (QED) is 0.480. The zero-order valence-electron chi connectivity index (χ0n) is 11.7. The third-order valence-electron chi connectivity index (χ3n) is 2.80. The molecule has 1 aromatic carbocycles. The first-order valence-electron chi connectivity index (χ1n) is 6.60. The molecule has 106 valence electrons. The van der Waals surface area contributed by atoms with E-state index < -0.39 is 0 Å². The number of benzene rings is 1. The van der Waals surface area contributed by atoms with Crippen molar-refractivity contribution in [1.82, 2.24) is 4.98 Å². The van der Waals surface area contributed by atoms with Crippen LogP contribution in [0.1, 0.15) is 33.2 Å². The zero-order chi connectivity index (χ0) is 15.1. The number of aromatic nitrogens is 1. The van der Waals surface area contributed by atoms with E-state index in [-0.39, 0.29) is 11.8 Å². The van der Waals surface area contributed by atoms with Gasteiger partial charge in [-0.3, -0.25) is 9.78 Å². The van der Waals surface area contributed by atoms with E-state index in [4.69, 9.17) is 4.74 Å². The number of hydrogen-bond acceptors (Lipinski definition) is 4. The molecule has 0 N–H and O–H groups in total. The van der Waals surface area contributed by atoms with E-state index >= 15 is 0 Å². The van der Waals surface area contributed by atoms with Crippen molar-refractivity contribution >= 4 is 17.8 Å². The molecule has 2 aromatic rings. The van der Waals surface area contributed by atoms with Crippen molar-refractivity contribution < 1.29 is 14.3 Å². The SMILES string of the molecule is CCOC(=O)c1ccc(/C=C/C(=O)c2cccnc2)cc1. The van der Waals surface area contributed by atoms with Crippen LogP contribution in [-0.4, -0.2) is 23.3 Å². The summed E-state index contributed by atoms with van der Waals surface area (Å²) in [5.41, 5.74) is 1.87. The van der Waals surface area contributed by atoms with Crippen LogP contribution in [0.4, 0.5) is 0 Å². The van der Waals surface area contributed by atoms with Crippen LogP contribution >= 0.6 is 0 Å². The molecule has 0 saturated carbocycles. The van der Waals surface area contributed by atoms with Gasteiger partial charge in [0.25, 0.3) is 0 Å². The number of ether oxygens (including phenoxy) is 1. The van der Waals surface area contributed by atoms with Crippen LogP contribution < -0.4 is 0 Å². The fourth-order valence-electron chi connectivity index (χ4n) is 1.72. The number of carbonyl (C=O) groups excluding carboxylic acids is 2. The Bertz CT molecular complexity index is 645. The highest BCUT2D eigenvalue weighted by Gasteiger charge is 2.05. The lowest BCUT2D eigenvalue weighted by Crippen LogP contribution is -2.04. The van der Waals surface area contributed by atoms with Crippen molar-refractivity contribution in [2.24, 2.45) is 0 Å². The summed E-state index contributed by atoms with van der Waals surface area (Å²) in [4.78, 5) is 27.3. The Hall–Kier alpha value is -2.75. The lowest BCUT2D eigenvalue weighted by Gasteiger charge is -2.01. The van der Waals surface area contributed by atoms with E-state index in [1.165, 1.54) is 12.3 Å². The number of nitrogens with zero attached hydrogens (tertiary/aromatic N) is 1. The molecular weight excluding hydrogens is 266 g/mol. The molecule has 0 aliphatic rings. The van der Waals surface area contributed by atoms with Crippen molar-refractivity contribution in [3.8, 4) is 0 Å². The second-order valence-corrected chi connectivity index (χ2v) is 4.28. The first-order valence-corrected chi connectivity index (χ1v) is 6.60. The highest BCUT2D eigenvalue weighted by molar-refractivity contribution is 6.06. The Morgan fingerprint density at radius 3 is 2.52 bits per heavy atom. The summed E-state index contributed by atoms with van der Waals surface area (Å²) in [6, 6.07) is 10.3. The predicted molar refractivity (Wildman–Crippen MR) is 80.0 cm³/mol. The molecule has 1 heterocycles. The van der Waals surface area contributed by atoms with E-state index in [9.17, 15) is 9.59 Å². The molecule has 0 saturated heterocycles. The first kappa shape index (κ1) is 14.7. The number of hydrogen-bond donors (Lipinski definition) is 0. The number of carbonyl (C=O) groups is 2. The van der Waals surface area contributed by atoms with Crippen LogP contribution in [-0.2, 0) is 4.74 Å². The van der Waals surface area contributed by atoms with Gasteiger partial charge in [-0.1, -0.05) is 18.2 Å². The lowest BCUT2D eigenvalue weighted by molar-refractivity contribution is 0.0526. The molecule has 0 fully saturated rings. The maximum atomic E-state index is 11.9. The van der Waals surface area contributed by atoms with Crippen molar-refractivity contribution in [1.29, 1.82) is 0 Å². The van der Waals surface area contributed by atoms with Gasteiger partial charge in [-0.2, -0.15) is 0 Å². The average Bonchev–Trinajstić information content (AvgIpc) is 2.54. The number of pyridine rings is 1. The van der Waals surface area contributed by atoms with Gasteiger partial charge in [0.1, 0.15) is 0 Å². The summed E-state index contributed by atoms with van der Waals surface area (Å²) in [5.74, 6) is -0.461. The number of esters is 1. The van der Waals surface area contributed by atoms with Gasteiger partial charge < -0.3 is 4.74 Å². The van der Waals surface area contributed by atoms with Gasteiger partial charge in [0, 0.05) is 18.0 Å². The fraction of sp³-hybridized carbons (Fsp3) is 0.118. The monoisotopic (exact) mass is 281 g/mol. The van der Waals surface area contributed by atoms with E-state index in [1.54, 1.807) is 55.6 Å². The summed E-state index contributed by atoms with van der Waals surface area (Å²) >= 11 is 0. The van der Waals surface area contributed by atoms with Crippen LogP contribution in [0.5, 0.6) is 0 Å². The third kappa shape index (κ3) is 4.11. The second kappa shape index (κ2) is 7.14. The molecule has 0 amide bonds. The molecule has 0 aliphatic carbocycles. The lowest BCUT2D eigenvalue weighted by atomic mass is 10.1. The molecule has 0 spiro atoms. The van der Waals surface area contributed by atoms with Gasteiger partial charge in [0.15, 0.2) is 5.78 Å². The van der Waals surface area contributed by atoms with Gasteiger partial charge in [0.2, 0.25) is 0 Å². The van der Waals surface area contributed by atoms with Crippen molar-refractivity contribution in [3.63, 3.8) is 0 Å². The molecule has 0 unspecified atom stereocenters. The number of allylic oxidation sites excluding steroid dienone is 1. The molecule has 21 heavy (non-hydrogen) atoms. The number of rotatable bonds is 5. The highest BCUT2D eigenvalue weighted by atomic mass is 16.5. The van der Waals surface area contributed by atoms with Gasteiger partial charge in [0.05, 0.1) is 12.2 Å². The van der Waals surface area contributed by atoms with Crippen molar-refractivity contribution in [3.05, 3.63) is 71.6 Å². The Labute approximate surface area is 123 Å². The number of ketones is 1. The summed E-state index contributed by atoms with van der Waals surface area (Å²) in [6.45, 7) is 2.11. The summed E-state index contributed by atoms with van der Waals surface area (Å²) < 4.78 is 4.91. The summed E-state index contributed by atoms with van der Waals surface area (Å²) in [5, 5.41) is 0. The Balaban J connectivity index is 2.05. The first-order chi connectivity index (χ1) is 10.2. The summed E-state index contributed by atoms with van der Waals surface area (Å²) in [7, 11) is 0. The molecule has 0 bridgehead atoms. The maximum absolute atomic E-state index is 11.9. The van der Waals surface area contributed by atoms with E-state index in [0.29, 0.717) is 17.7 Å². The van der Waals surface area contributed by atoms with E-state index in [2.05, 4.69) is 4.98 Å². The average molecular weight is 281 g/mol. The molecule has 4 nitrogen and oxygen atoms in total. The molecule has 1 aromatic heterocycles. The molecule has 0 radical (unpaired) electrons. The second-order valence-electron chi connectivity index (χ2n) is 4.28. The van der Waals surface area contributed by atoms with Gasteiger partial charge >= 0.3 is 5.97 Å². The molecular formula is C17H15NO3. The molecule has 2 rings (SSSR count). The normalized spacial score (nSPS) is 10.5. The maximum Gasteiger partial charge on any atom is 0.338 e. The largest absolute Gasteiger partial charge is 0.462 e. The Kier molecular flexibility index (Phi) is 4.99. The fourth-order valence-corrected chi connectivity index (χ4v) is 1.72. The standard InChI is InChI=1S/C17H15NO3/c1-2-21-17(20)14-8-5-13(6-9-14)7-10-16(19)15-4-3-11-18-12-15/h3-12H,2H2,1H3/b10-7+. The van der Waals surface area contributed by atoms with Gasteiger partial charge in [-0.05, 0) is 42.8 Å². The molecule has 4 heteroatoms. The van der Waals surface area contributed by atoms with Crippen molar-refractivity contribution in [2.45, 2.75) is 6.92 Å². The Morgan fingerprint density at radius 2 is 1.90 bits per heavy atom. The smallest absolute Gasteiger partial charge is 0.338 e.